The summed E-state index contributed by atoms with van der Waals surface area (Å²) in [5, 5.41) is 10.9. The van der Waals surface area contributed by atoms with Gasteiger partial charge in [0.2, 0.25) is 0 Å². The van der Waals surface area contributed by atoms with Crippen molar-refractivity contribution in [1.82, 2.24) is 14.9 Å². The zero-order chi connectivity index (χ0) is 17.7. The van der Waals surface area contributed by atoms with E-state index in [0.717, 1.165) is 22.2 Å². The Bertz CT molecular complexity index is 811. The molecule has 1 aliphatic rings. The van der Waals surface area contributed by atoms with Crippen LogP contribution in [0, 0.1) is 5.41 Å². The second-order valence-electron chi connectivity index (χ2n) is 8.05. The highest BCUT2D eigenvalue weighted by Crippen LogP contribution is 2.44. The maximum Gasteiger partial charge on any atom is 0.408 e. The monoisotopic (exact) mass is 327 g/mol. The fourth-order valence-electron chi connectivity index (χ4n) is 3.84. The molecule has 0 bridgehead atoms. The number of nitrogens with zero attached hydrogens (tertiary/aromatic N) is 2. The number of carbonyl (C=O) groups is 1. The van der Waals surface area contributed by atoms with Crippen molar-refractivity contribution in [3.63, 3.8) is 0 Å². The fourth-order valence-corrected chi connectivity index (χ4v) is 3.84. The number of amides is 1. The maximum absolute atomic E-state index is 12.1. The Morgan fingerprint density at radius 1 is 1.42 bits per heavy atom. The molecule has 1 amide bonds. The Labute approximate surface area is 142 Å². The van der Waals surface area contributed by atoms with Crippen LogP contribution in [0.15, 0.2) is 30.6 Å². The number of rotatable bonds is 1. The lowest BCUT2D eigenvalue weighted by atomic mass is 9.74. The van der Waals surface area contributed by atoms with E-state index in [-0.39, 0.29) is 11.5 Å². The number of nitrogens with one attached hydrogen (secondary N) is 1. The van der Waals surface area contributed by atoms with Gasteiger partial charge in [-0.1, -0.05) is 26.8 Å². The molecule has 1 atom stereocenters. The van der Waals surface area contributed by atoms with E-state index in [1.54, 1.807) is 11.1 Å². The molecular formula is C19H25N3O2. The zero-order valence-corrected chi connectivity index (χ0v) is 14.9. The highest BCUT2D eigenvalue weighted by Gasteiger charge is 2.46. The lowest BCUT2D eigenvalue weighted by molar-refractivity contribution is 0.0387. The van der Waals surface area contributed by atoms with E-state index < -0.39 is 11.6 Å². The van der Waals surface area contributed by atoms with E-state index >= 15 is 0 Å². The van der Waals surface area contributed by atoms with Crippen LogP contribution in [0.2, 0.25) is 0 Å². The summed E-state index contributed by atoms with van der Waals surface area (Å²) in [5.74, 6) is 0. The van der Waals surface area contributed by atoms with E-state index in [1.807, 2.05) is 32.2 Å². The molecule has 0 aromatic carbocycles. The molecule has 5 nitrogen and oxygen atoms in total. The van der Waals surface area contributed by atoms with Gasteiger partial charge in [-0.2, -0.15) is 0 Å². The van der Waals surface area contributed by atoms with Crippen LogP contribution in [0.3, 0.4) is 0 Å². The third-order valence-corrected chi connectivity index (χ3v) is 5.07. The lowest BCUT2D eigenvalue weighted by Gasteiger charge is -2.50. The van der Waals surface area contributed by atoms with Crippen LogP contribution in [0.4, 0.5) is 4.79 Å². The van der Waals surface area contributed by atoms with Gasteiger partial charge in [-0.25, -0.2) is 9.78 Å². The summed E-state index contributed by atoms with van der Waals surface area (Å²) in [5.41, 5.74) is 2.14. The largest absolute Gasteiger partial charge is 0.465 e. The second-order valence-corrected chi connectivity index (χ2v) is 8.05. The summed E-state index contributed by atoms with van der Waals surface area (Å²) in [4.78, 5) is 21.2. The van der Waals surface area contributed by atoms with Crippen LogP contribution in [0.25, 0.3) is 16.6 Å². The molecule has 24 heavy (non-hydrogen) atoms. The van der Waals surface area contributed by atoms with Crippen molar-refractivity contribution in [3.8, 4) is 0 Å². The molecule has 0 saturated carbocycles. The van der Waals surface area contributed by atoms with Crippen molar-refractivity contribution in [2.75, 3.05) is 0 Å². The molecule has 0 aliphatic carbocycles. The van der Waals surface area contributed by atoms with Crippen molar-refractivity contribution in [2.45, 2.75) is 52.6 Å². The number of H-pyrrole nitrogens is 1. The third-order valence-electron chi connectivity index (χ3n) is 5.07. The molecule has 0 spiro atoms. The Hall–Kier alpha value is -2.30. The van der Waals surface area contributed by atoms with Gasteiger partial charge in [-0.3, -0.25) is 4.90 Å². The molecule has 3 heterocycles. The molecule has 0 radical (unpaired) electrons. The van der Waals surface area contributed by atoms with Crippen LogP contribution < -0.4 is 0 Å². The summed E-state index contributed by atoms with van der Waals surface area (Å²) in [7, 11) is 0. The average Bonchev–Trinajstić information content (AvgIpc) is 2.88. The lowest BCUT2D eigenvalue weighted by Crippen LogP contribution is -2.59. The number of aromatic nitrogens is 2. The fraction of sp³-hybridized carbons (Fsp3) is 0.474. The van der Waals surface area contributed by atoms with Crippen molar-refractivity contribution >= 4 is 22.7 Å². The van der Waals surface area contributed by atoms with Crippen LogP contribution in [-0.4, -0.2) is 37.6 Å². The number of hydrogen-bond donors (Lipinski definition) is 2. The van der Waals surface area contributed by atoms with Gasteiger partial charge < -0.3 is 10.1 Å². The highest BCUT2D eigenvalue weighted by molar-refractivity contribution is 5.94. The SMILES string of the molecule is CC(C)(C)C1CC=C(c2c[nH]c3ncccc23)C(C)(C)N1C(=O)O. The number of pyridine rings is 1. The van der Waals surface area contributed by atoms with Gasteiger partial charge in [0.05, 0.1) is 5.54 Å². The molecule has 3 rings (SSSR count). The topological polar surface area (TPSA) is 69.2 Å². The Morgan fingerprint density at radius 3 is 2.75 bits per heavy atom. The van der Waals surface area contributed by atoms with Crippen LogP contribution in [0.5, 0.6) is 0 Å². The van der Waals surface area contributed by atoms with Crippen LogP contribution in [-0.2, 0) is 0 Å². The quantitative estimate of drug-likeness (QED) is 0.809. The van der Waals surface area contributed by atoms with E-state index in [4.69, 9.17) is 0 Å². The molecule has 0 fully saturated rings. The first-order valence-corrected chi connectivity index (χ1v) is 8.29. The average molecular weight is 327 g/mol. The van der Waals surface area contributed by atoms with E-state index in [0.29, 0.717) is 6.42 Å². The predicted molar refractivity (Wildman–Crippen MR) is 95.9 cm³/mol. The van der Waals surface area contributed by atoms with Crippen molar-refractivity contribution in [3.05, 3.63) is 36.2 Å². The van der Waals surface area contributed by atoms with Gasteiger partial charge in [0.1, 0.15) is 5.65 Å². The van der Waals surface area contributed by atoms with Gasteiger partial charge in [0.15, 0.2) is 0 Å². The van der Waals surface area contributed by atoms with E-state index in [1.165, 1.54) is 0 Å². The number of hydrogen-bond acceptors (Lipinski definition) is 2. The number of aromatic amines is 1. The van der Waals surface area contributed by atoms with Gasteiger partial charge in [0.25, 0.3) is 0 Å². The predicted octanol–water partition coefficient (Wildman–Crippen LogP) is 4.52. The van der Waals surface area contributed by atoms with Gasteiger partial charge >= 0.3 is 6.09 Å². The molecule has 128 valence electrons. The first-order chi connectivity index (χ1) is 11.1. The summed E-state index contributed by atoms with van der Waals surface area (Å²) < 4.78 is 0. The Morgan fingerprint density at radius 2 is 2.12 bits per heavy atom. The van der Waals surface area contributed by atoms with Crippen LogP contribution >= 0.6 is 0 Å². The number of carboxylic acid groups (broad SMARTS) is 1. The van der Waals surface area contributed by atoms with Crippen molar-refractivity contribution in [1.29, 1.82) is 0 Å². The molecular weight excluding hydrogens is 302 g/mol. The summed E-state index contributed by atoms with van der Waals surface area (Å²) >= 11 is 0. The smallest absolute Gasteiger partial charge is 0.408 e. The zero-order valence-electron chi connectivity index (χ0n) is 14.9. The molecule has 2 aromatic heterocycles. The minimum Gasteiger partial charge on any atom is -0.465 e. The molecule has 0 saturated heterocycles. The standard InChI is InChI=1S/C19H25N3O2/c1-18(2,3)15-9-8-14(19(4,5)22(15)17(23)24)13-11-21-16-12(13)7-6-10-20-16/h6-8,10-11,15H,9H2,1-5H3,(H,20,21)(H,23,24). The number of fused-ring (bicyclic) bond motifs is 1. The van der Waals surface area contributed by atoms with E-state index in [9.17, 15) is 9.90 Å². The first-order valence-electron chi connectivity index (χ1n) is 8.29. The normalized spacial score (nSPS) is 21.0. The summed E-state index contributed by atoms with van der Waals surface area (Å²) in [6.07, 6.45) is 5.72. The van der Waals surface area contributed by atoms with Gasteiger partial charge in [0, 0.05) is 29.4 Å². The van der Waals surface area contributed by atoms with Crippen molar-refractivity contribution in [2.24, 2.45) is 5.41 Å². The maximum atomic E-state index is 12.1. The molecule has 2 N–H and O–H groups in total. The Kier molecular flexibility index (Phi) is 3.70. The van der Waals surface area contributed by atoms with Gasteiger partial charge in [-0.15, -0.1) is 0 Å². The first kappa shape index (κ1) is 16.6. The van der Waals surface area contributed by atoms with Gasteiger partial charge in [-0.05, 0) is 43.4 Å². The second kappa shape index (κ2) is 5.36. The van der Waals surface area contributed by atoms with E-state index in [2.05, 4.69) is 36.8 Å². The summed E-state index contributed by atoms with van der Waals surface area (Å²) in [6, 6.07) is 3.87. The van der Waals surface area contributed by atoms with Crippen molar-refractivity contribution < 1.29 is 9.90 Å². The third kappa shape index (κ3) is 2.48. The molecule has 1 aliphatic heterocycles. The molecule has 5 heteroatoms. The molecule has 2 aromatic rings. The van der Waals surface area contributed by atoms with Crippen LogP contribution in [0.1, 0.15) is 46.6 Å². The Balaban J connectivity index is 2.16. The minimum absolute atomic E-state index is 0.0583. The summed E-state index contributed by atoms with van der Waals surface area (Å²) in [6.45, 7) is 10.3. The molecule has 1 unspecified atom stereocenters. The minimum atomic E-state index is -0.872. The highest BCUT2D eigenvalue weighted by atomic mass is 16.4.